The topological polar surface area (TPSA) is 82.5 Å². The Kier molecular flexibility index (Phi) is 3.86. The van der Waals surface area contributed by atoms with Crippen LogP contribution in [0.2, 0.25) is 0 Å². The number of pyridine rings is 1. The van der Waals surface area contributed by atoms with E-state index in [1.807, 2.05) is 12.3 Å². The van der Waals surface area contributed by atoms with E-state index in [1.165, 1.54) is 11.1 Å². The molecule has 4 rings (SSSR count). The van der Waals surface area contributed by atoms with Crippen molar-refractivity contribution in [2.75, 3.05) is 18.0 Å². The molecule has 1 aromatic heterocycles. The van der Waals surface area contributed by atoms with E-state index in [0.29, 0.717) is 12.8 Å². The summed E-state index contributed by atoms with van der Waals surface area (Å²) >= 11 is 0. The Balaban J connectivity index is 1.63. The Morgan fingerprint density at radius 3 is 2.69 bits per heavy atom. The number of nitrogens with zero attached hydrogens (tertiary/aromatic N) is 2. The zero-order valence-electron chi connectivity index (χ0n) is 15.1. The normalized spacial score (nSPS) is 22.0. The molecule has 0 aliphatic carbocycles. The van der Waals surface area contributed by atoms with Gasteiger partial charge in [0.05, 0.1) is 17.0 Å². The highest BCUT2D eigenvalue weighted by molar-refractivity contribution is 5.94. The Morgan fingerprint density at radius 2 is 2.00 bits per heavy atom. The van der Waals surface area contributed by atoms with Crippen LogP contribution in [0.3, 0.4) is 0 Å². The van der Waals surface area contributed by atoms with Gasteiger partial charge in [0.1, 0.15) is 0 Å². The van der Waals surface area contributed by atoms with Gasteiger partial charge in [-0.25, -0.2) is 0 Å². The summed E-state index contributed by atoms with van der Waals surface area (Å²) in [5.74, 6) is -1.65. The highest BCUT2D eigenvalue weighted by Crippen LogP contribution is 2.39. The summed E-state index contributed by atoms with van der Waals surface area (Å²) in [6, 6.07) is 6.25. The largest absolute Gasteiger partial charge is 0.481 e. The van der Waals surface area contributed by atoms with Gasteiger partial charge in [-0.15, -0.1) is 0 Å². The molecular formula is C20H23N3O3. The Bertz CT molecular complexity index is 901. The maximum atomic E-state index is 11.8. The molecule has 2 aliphatic heterocycles. The summed E-state index contributed by atoms with van der Waals surface area (Å²) in [6.07, 6.45) is 3.21. The van der Waals surface area contributed by atoms with Gasteiger partial charge in [0.15, 0.2) is 0 Å². The molecule has 1 amide bonds. The maximum absolute atomic E-state index is 11.8. The molecule has 136 valence electrons. The van der Waals surface area contributed by atoms with Crippen molar-refractivity contribution in [3.05, 3.63) is 35.5 Å². The number of carbonyl (C=O) groups excluding carboxylic acids is 1. The van der Waals surface area contributed by atoms with E-state index < -0.39 is 17.4 Å². The van der Waals surface area contributed by atoms with Crippen LogP contribution >= 0.6 is 0 Å². The molecule has 1 atom stereocenters. The molecule has 0 radical (unpaired) electrons. The van der Waals surface area contributed by atoms with Crippen molar-refractivity contribution in [3.63, 3.8) is 0 Å². The van der Waals surface area contributed by atoms with E-state index in [2.05, 4.69) is 41.2 Å². The highest BCUT2D eigenvalue weighted by atomic mass is 16.4. The number of amides is 1. The highest BCUT2D eigenvalue weighted by Gasteiger charge is 2.51. The standard InChI is InChI=1S/C20H23N3O3/c1-12-3-4-14-16(5-8-21-18(14)13(12)2)23-9-6-20(7-10-23)15(19(25)26)11-17(24)22-20/h3-5,8,15H,6-7,9-11H2,1-2H3,(H,22,24)(H,25,26). The number of aromatic nitrogens is 1. The lowest BCUT2D eigenvalue weighted by Crippen LogP contribution is -2.55. The number of hydrogen-bond acceptors (Lipinski definition) is 4. The molecule has 26 heavy (non-hydrogen) atoms. The van der Waals surface area contributed by atoms with Crippen LogP contribution in [0.25, 0.3) is 10.9 Å². The molecule has 1 aromatic carbocycles. The van der Waals surface area contributed by atoms with Gasteiger partial charge in [0.2, 0.25) is 5.91 Å². The number of fused-ring (bicyclic) bond motifs is 1. The minimum absolute atomic E-state index is 0.0893. The quantitative estimate of drug-likeness (QED) is 0.866. The summed E-state index contributed by atoms with van der Waals surface area (Å²) in [5.41, 5.74) is 3.95. The van der Waals surface area contributed by atoms with Gasteiger partial charge >= 0.3 is 5.97 Å². The minimum atomic E-state index is -0.878. The van der Waals surface area contributed by atoms with Gasteiger partial charge in [0, 0.05) is 36.8 Å². The Morgan fingerprint density at radius 1 is 1.27 bits per heavy atom. The average Bonchev–Trinajstić information content (AvgIpc) is 2.95. The van der Waals surface area contributed by atoms with Crippen molar-refractivity contribution in [3.8, 4) is 0 Å². The number of benzene rings is 1. The van der Waals surface area contributed by atoms with Gasteiger partial charge in [-0.3, -0.25) is 14.6 Å². The van der Waals surface area contributed by atoms with Crippen LogP contribution in [0.5, 0.6) is 0 Å². The van der Waals surface area contributed by atoms with Gasteiger partial charge in [-0.1, -0.05) is 12.1 Å². The lowest BCUT2D eigenvalue weighted by molar-refractivity contribution is -0.144. The number of anilines is 1. The number of nitrogens with one attached hydrogen (secondary N) is 1. The van der Waals surface area contributed by atoms with Crippen molar-refractivity contribution in [2.45, 2.75) is 38.6 Å². The van der Waals surface area contributed by atoms with Crippen LogP contribution in [-0.2, 0) is 9.59 Å². The van der Waals surface area contributed by atoms with Crippen LogP contribution in [-0.4, -0.2) is 40.6 Å². The second-order valence-corrected chi connectivity index (χ2v) is 7.52. The van der Waals surface area contributed by atoms with Crippen molar-refractivity contribution in [2.24, 2.45) is 5.92 Å². The van der Waals surface area contributed by atoms with Crippen LogP contribution in [0, 0.1) is 19.8 Å². The first-order chi connectivity index (χ1) is 12.4. The van der Waals surface area contributed by atoms with Crippen LogP contribution in [0.1, 0.15) is 30.4 Å². The fraction of sp³-hybridized carbons (Fsp3) is 0.450. The predicted octanol–water partition coefficient (Wildman–Crippen LogP) is 2.41. The van der Waals surface area contributed by atoms with Crippen molar-refractivity contribution >= 4 is 28.5 Å². The average molecular weight is 353 g/mol. The molecule has 2 N–H and O–H groups in total. The van der Waals surface area contributed by atoms with Crippen LogP contribution < -0.4 is 10.2 Å². The summed E-state index contributed by atoms with van der Waals surface area (Å²) in [5, 5.41) is 13.6. The second kappa shape index (κ2) is 5.97. The molecule has 0 saturated carbocycles. The predicted molar refractivity (Wildman–Crippen MR) is 99.3 cm³/mol. The zero-order valence-corrected chi connectivity index (χ0v) is 15.1. The fourth-order valence-electron chi connectivity index (χ4n) is 4.46. The molecule has 1 unspecified atom stereocenters. The third-order valence-corrected chi connectivity index (χ3v) is 6.15. The molecule has 6 heteroatoms. The summed E-state index contributed by atoms with van der Waals surface area (Å²) in [6.45, 7) is 5.61. The minimum Gasteiger partial charge on any atom is -0.481 e. The molecule has 2 aromatic rings. The third-order valence-electron chi connectivity index (χ3n) is 6.15. The number of carboxylic acids is 1. The van der Waals surface area contributed by atoms with Crippen molar-refractivity contribution in [1.82, 2.24) is 10.3 Å². The number of aliphatic carboxylic acids is 1. The number of piperidine rings is 1. The summed E-state index contributed by atoms with van der Waals surface area (Å²) < 4.78 is 0. The van der Waals surface area contributed by atoms with Crippen LogP contribution in [0.4, 0.5) is 5.69 Å². The first kappa shape index (κ1) is 16.8. The number of rotatable bonds is 2. The maximum Gasteiger partial charge on any atom is 0.309 e. The molecule has 2 fully saturated rings. The van der Waals surface area contributed by atoms with Gasteiger partial charge < -0.3 is 15.3 Å². The van der Waals surface area contributed by atoms with E-state index >= 15 is 0 Å². The summed E-state index contributed by atoms with van der Waals surface area (Å²) in [7, 11) is 0. The van der Waals surface area contributed by atoms with E-state index in [-0.39, 0.29) is 12.3 Å². The Hall–Kier alpha value is -2.63. The third kappa shape index (κ3) is 2.52. The molecule has 6 nitrogen and oxygen atoms in total. The molecule has 3 heterocycles. The second-order valence-electron chi connectivity index (χ2n) is 7.52. The van der Waals surface area contributed by atoms with E-state index in [0.717, 1.165) is 29.7 Å². The lowest BCUT2D eigenvalue weighted by Gasteiger charge is -2.42. The van der Waals surface area contributed by atoms with Crippen molar-refractivity contribution < 1.29 is 14.7 Å². The Labute approximate surface area is 152 Å². The molecule has 2 aliphatic rings. The molecule has 0 bridgehead atoms. The number of carboxylic acid groups (broad SMARTS) is 1. The molecule has 1 spiro atoms. The monoisotopic (exact) mass is 353 g/mol. The van der Waals surface area contributed by atoms with E-state index in [1.54, 1.807) is 0 Å². The van der Waals surface area contributed by atoms with Gasteiger partial charge in [-0.2, -0.15) is 0 Å². The molecule has 2 saturated heterocycles. The number of hydrogen-bond donors (Lipinski definition) is 2. The first-order valence-electron chi connectivity index (χ1n) is 9.05. The summed E-state index contributed by atoms with van der Waals surface area (Å²) in [4.78, 5) is 30.3. The van der Waals surface area contributed by atoms with Crippen molar-refractivity contribution in [1.29, 1.82) is 0 Å². The molecular weight excluding hydrogens is 330 g/mol. The SMILES string of the molecule is Cc1ccc2c(N3CCC4(CC3)NC(=O)CC4C(=O)O)ccnc2c1C. The zero-order chi connectivity index (χ0) is 18.5. The van der Waals surface area contributed by atoms with E-state index in [9.17, 15) is 14.7 Å². The first-order valence-corrected chi connectivity index (χ1v) is 9.05. The lowest BCUT2D eigenvalue weighted by atomic mass is 9.77. The van der Waals surface area contributed by atoms with Crippen LogP contribution in [0.15, 0.2) is 24.4 Å². The van der Waals surface area contributed by atoms with Gasteiger partial charge in [-0.05, 0) is 43.9 Å². The van der Waals surface area contributed by atoms with E-state index in [4.69, 9.17) is 0 Å². The van der Waals surface area contributed by atoms with Gasteiger partial charge in [0.25, 0.3) is 0 Å². The smallest absolute Gasteiger partial charge is 0.309 e. The number of carbonyl (C=O) groups is 2. The number of aryl methyl sites for hydroxylation is 2. The fourth-order valence-corrected chi connectivity index (χ4v) is 4.46.